The van der Waals surface area contributed by atoms with Crippen molar-refractivity contribution in [3.05, 3.63) is 0 Å². The maximum absolute atomic E-state index is 3.60. The lowest BCUT2D eigenvalue weighted by molar-refractivity contribution is 0.0824. The molecule has 1 saturated heterocycles. The predicted molar refractivity (Wildman–Crippen MR) is 61.3 cm³/mol. The molecule has 2 aliphatic rings. The summed E-state index contributed by atoms with van der Waals surface area (Å²) in [5.41, 5.74) is 0.700. The second-order valence-electron chi connectivity index (χ2n) is 5.88. The van der Waals surface area contributed by atoms with Gasteiger partial charge in [0.25, 0.3) is 0 Å². The van der Waals surface area contributed by atoms with Gasteiger partial charge in [-0.25, -0.2) is 0 Å². The number of hydrogen-bond donors (Lipinski definition) is 1. The van der Waals surface area contributed by atoms with Crippen molar-refractivity contribution in [1.29, 1.82) is 0 Å². The van der Waals surface area contributed by atoms with E-state index in [0.29, 0.717) is 5.41 Å². The number of hydrogen-bond acceptors (Lipinski definition) is 1. The van der Waals surface area contributed by atoms with Crippen molar-refractivity contribution < 1.29 is 0 Å². The average Bonchev–Trinajstić information content (AvgIpc) is 2.19. The summed E-state index contributed by atoms with van der Waals surface area (Å²) >= 11 is 0. The topological polar surface area (TPSA) is 12.0 Å². The van der Waals surface area contributed by atoms with Gasteiger partial charge in [0.15, 0.2) is 0 Å². The second-order valence-corrected chi connectivity index (χ2v) is 5.88. The Hall–Kier alpha value is -0.0400. The third-order valence-corrected chi connectivity index (χ3v) is 4.48. The van der Waals surface area contributed by atoms with E-state index in [0.717, 1.165) is 11.8 Å². The van der Waals surface area contributed by atoms with Crippen molar-refractivity contribution in [2.75, 3.05) is 13.1 Å². The van der Waals surface area contributed by atoms with Crippen LogP contribution in [0, 0.1) is 17.3 Å². The second kappa shape index (κ2) is 4.22. The molecule has 0 aromatic heterocycles. The van der Waals surface area contributed by atoms with E-state index in [9.17, 15) is 0 Å². The average molecular weight is 195 g/mol. The van der Waals surface area contributed by atoms with Crippen LogP contribution in [0.1, 0.15) is 52.4 Å². The molecule has 1 heteroatoms. The molecule has 0 amide bonds. The summed E-state index contributed by atoms with van der Waals surface area (Å²) in [6.45, 7) is 7.37. The van der Waals surface area contributed by atoms with Crippen LogP contribution >= 0.6 is 0 Å². The van der Waals surface area contributed by atoms with Crippen LogP contribution in [0.2, 0.25) is 0 Å². The van der Waals surface area contributed by atoms with Crippen molar-refractivity contribution in [3.63, 3.8) is 0 Å². The molecule has 1 nitrogen and oxygen atoms in total. The SMILES string of the molecule is CC(C)C1CCCC2(CCCNC2)C1. The lowest BCUT2D eigenvalue weighted by atomic mass is 9.64. The summed E-state index contributed by atoms with van der Waals surface area (Å²) in [5, 5.41) is 3.60. The number of piperidine rings is 1. The lowest BCUT2D eigenvalue weighted by Crippen LogP contribution is -2.43. The Labute approximate surface area is 88.7 Å². The van der Waals surface area contributed by atoms with Crippen LogP contribution in [0.3, 0.4) is 0 Å². The monoisotopic (exact) mass is 195 g/mol. The Morgan fingerprint density at radius 1 is 1.21 bits per heavy atom. The van der Waals surface area contributed by atoms with Gasteiger partial charge in [-0.2, -0.15) is 0 Å². The fourth-order valence-electron chi connectivity index (χ4n) is 3.49. The van der Waals surface area contributed by atoms with E-state index in [2.05, 4.69) is 19.2 Å². The maximum Gasteiger partial charge on any atom is 0.000792 e. The van der Waals surface area contributed by atoms with Crippen molar-refractivity contribution >= 4 is 0 Å². The molecule has 2 unspecified atom stereocenters. The standard InChI is InChI=1S/C13H25N/c1-11(2)12-5-3-6-13(9-12)7-4-8-14-10-13/h11-12,14H,3-10H2,1-2H3. The van der Waals surface area contributed by atoms with Crippen molar-refractivity contribution in [2.24, 2.45) is 17.3 Å². The molecule has 82 valence electrons. The minimum atomic E-state index is 0.700. The van der Waals surface area contributed by atoms with Crippen LogP contribution in [0.4, 0.5) is 0 Å². The predicted octanol–water partition coefficient (Wildman–Crippen LogP) is 3.20. The number of nitrogens with one attached hydrogen (secondary N) is 1. The van der Waals surface area contributed by atoms with Gasteiger partial charge in [0, 0.05) is 6.54 Å². The molecule has 1 heterocycles. The molecule has 1 aliphatic heterocycles. The van der Waals surface area contributed by atoms with Gasteiger partial charge in [0.2, 0.25) is 0 Å². The largest absolute Gasteiger partial charge is 0.316 e. The highest BCUT2D eigenvalue weighted by Gasteiger charge is 2.37. The Balaban J connectivity index is 1.97. The molecule has 0 radical (unpaired) electrons. The molecule has 14 heavy (non-hydrogen) atoms. The van der Waals surface area contributed by atoms with E-state index in [1.807, 2.05) is 0 Å². The van der Waals surface area contributed by atoms with E-state index in [1.54, 1.807) is 0 Å². The molecule has 0 bridgehead atoms. The minimum absolute atomic E-state index is 0.700. The smallest absolute Gasteiger partial charge is 0.000792 e. The van der Waals surface area contributed by atoms with Crippen LogP contribution < -0.4 is 5.32 Å². The quantitative estimate of drug-likeness (QED) is 0.677. The lowest BCUT2D eigenvalue weighted by Gasteiger charge is -2.45. The molecule has 2 atom stereocenters. The summed E-state index contributed by atoms with van der Waals surface area (Å²) in [5.74, 6) is 1.90. The van der Waals surface area contributed by atoms with Gasteiger partial charge in [-0.3, -0.25) is 0 Å². The first-order valence-corrected chi connectivity index (χ1v) is 6.43. The Bertz CT molecular complexity index is 174. The van der Waals surface area contributed by atoms with E-state index in [-0.39, 0.29) is 0 Å². The zero-order chi connectivity index (χ0) is 10.0. The zero-order valence-corrected chi connectivity index (χ0v) is 9.81. The fraction of sp³-hybridized carbons (Fsp3) is 1.00. The molecule has 0 aromatic rings. The molecule has 2 rings (SSSR count). The minimum Gasteiger partial charge on any atom is -0.316 e. The van der Waals surface area contributed by atoms with Crippen molar-refractivity contribution in [1.82, 2.24) is 5.32 Å². The van der Waals surface area contributed by atoms with Crippen LogP contribution in [0.5, 0.6) is 0 Å². The van der Waals surface area contributed by atoms with Gasteiger partial charge in [-0.15, -0.1) is 0 Å². The number of rotatable bonds is 1. The summed E-state index contributed by atoms with van der Waals surface area (Å²) < 4.78 is 0. The Kier molecular flexibility index (Phi) is 3.16. The maximum atomic E-state index is 3.60. The first-order valence-electron chi connectivity index (χ1n) is 6.43. The highest BCUT2D eigenvalue weighted by molar-refractivity contribution is 4.91. The van der Waals surface area contributed by atoms with Gasteiger partial charge in [-0.05, 0) is 49.5 Å². The summed E-state index contributed by atoms with van der Waals surface area (Å²) in [4.78, 5) is 0. The van der Waals surface area contributed by atoms with Gasteiger partial charge in [0.05, 0.1) is 0 Å². The van der Waals surface area contributed by atoms with Crippen LogP contribution in [0.25, 0.3) is 0 Å². The third-order valence-electron chi connectivity index (χ3n) is 4.48. The van der Waals surface area contributed by atoms with Gasteiger partial charge in [0.1, 0.15) is 0 Å². The molecule has 1 aliphatic carbocycles. The molecule has 1 N–H and O–H groups in total. The molecule has 2 fully saturated rings. The molecular weight excluding hydrogens is 170 g/mol. The van der Waals surface area contributed by atoms with Crippen LogP contribution in [-0.4, -0.2) is 13.1 Å². The Morgan fingerprint density at radius 2 is 2.00 bits per heavy atom. The highest BCUT2D eigenvalue weighted by atomic mass is 14.9. The highest BCUT2D eigenvalue weighted by Crippen LogP contribution is 2.45. The van der Waals surface area contributed by atoms with Crippen molar-refractivity contribution in [2.45, 2.75) is 52.4 Å². The zero-order valence-electron chi connectivity index (χ0n) is 9.81. The first-order chi connectivity index (χ1) is 6.72. The third kappa shape index (κ3) is 2.13. The molecule has 0 aromatic carbocycles. The van der Waals surface area contributed by atoms with Crippen LogP contribution in [-0.2, 0) is 0 Å². The first kappa shape index (κ1) is 10.5. The van der Waals surface area contributed by atoms with E-state index in [4.69, 9.17) is 0 Å². The summed E-state index contributed by atoms with van der Waals surface area (Å²) in [7, 11) is 0. The molecular formula is C13H25N. The van der Waals surface area contributed by atoms with Crippen molar-refractivity contribution in [3.8, 4) is 0 Å². The summed E-state index contributed by atoms with van der Waals surface area (Å²) in [6.07, 6.45) is 8.85. The van der Waals surface area contributed by atoms with E-state index in [1.165, 1.54) is 51.6 Å². The summed E-state index contributed by atoms with van der Waals surface area (Å²) in [6, 6.07) is 0. The van der Waals surface area contributed by atoms with Gasteiger partial charge in [-0.1, -0.05) is 26.7 Å². The Morgan fingerprint density at radius 3 is 2.64 bits per heavy atom. The van der Waals surface area contributed by atoms with E-state index >= 15 is 0 Å². The molecule has 1 spiro atoms. The normalized spacial score (nSPS) is 39.2. The fourth-order valence-corrected chi connectivity index (χ4v) is 3.49. The van der Waals surface area contributed by atoms with E-state index < -0.39 is 0 Å². The van der Waals surface area contributed by atoms with Crippen LogP contribution in [0.15, 0.2) is 0 Å². The molecule has 1 saturated carbocycles. The van der Waals surface area contributed by atoms with Gasteiger partial charge < -0.3 is 5.32 Å². The van der Waals surface area contributed by atoms with Gasteiger partial charge >= 0.3 is 0 Å².